The monoisotopic (exact) mass is 458 g/mol. The fourth-order valence-corrected chi connectivity index (χ4v) is 3.11. The van der Waals surface area contributed by atoms with Crippen LogP contribution in [0, 0.1) is 6.92 Å². The SMILES string of the molecule is COc1ccccc1OCC(=O)Nc1cccc(NC(=O)c2oc(Br)cc2C)c1. The lowest BCUT2D eigenvalue weighted by Crippen LogP contribution is -2.20. The Morgan fingerprint density at radius 1 is 1.00 bits per heavy atom. The summed E-state index contributed by atoms with van der Waals surface area (Å²) in [6, 6.07) is 15.6. The van der Waals surface area contributed by atoms with Gasteiger partial charge in [0.2, 0.25) is 0 Å². The van der Waals surface area contributed by atoms with Crippen molar-refractivity contribution in [2.45, 2.75) is 6.92 Å². The van der Waals surface area contributed by atoms with E-state index >= 15 is 0 Å². The van der Waals surface area contributed by atoms with Crippen LogP contribution in [0.4, 0.5) is 11.4 Å². The van der Waals surface area contributed by atoms with E-state index in [0.29, 0.717) is 33.1 Å². The minimum absolute atomic E-state index is 0.184. The minimum Gasteiger partial charge on any atom is -0.493 e. The molecular formula is C21H19BrN2O5. The first-order valence-corrected chi connectivity index (χ1v) is 9.48. The molecule has 29 heavy (non-hydrogen) atoms. The van der Waals surface area contributed by atoms with Gasteiger partial charge in [-0.2, -0.15) is 0 Å². The molecule has 0 saturated carbocycles. The molecule has 0 saturated heterocycles. The van der Waals surface area contributed by atoms with Crippen LogP contribution >= 0.6 is 15.9 Å². The molecule has 1 aromatic heterocycles. The smallest absolute Gasteiger partial charge is 0.291 e. The average molecular weight is 459 g/mol. The van der Waals surface area contributed by atoms with Crippen molar-refractivity contribution >= 4 is 39.1 Å². The van der Waals surface area contributed by atoms with E-state index in [0.717, 1.165) is 0 Å². The largest absolute Gasteiger partial charge is 0.493 e. The average Bonchev–Trinajstić information content (AvgIpc) is 3.05. The topological polar surface area (TPSA) is 89.8 Å². The zero-order valence-electron chi connectivity index (χ0n) is 15.8. The van der Waals surface area contributed by atoms with Crippen molar-refractivity contribution in [3.8, 4) is 11.5 Å². The van der Waals surface area contributed by atoms with Gasteiger partial charge in [-0.05, 0) is 59.3 Å². The first kappa shape index (κ1) is 20.5. The number of carbonyl (C=O) groups excluding carboxylic acids is 2. The molecule has 8 heteroatoms. The zero-order chi connectivity index (χ0) is 20.8. The normalized spacial score (nSPS) is 10.3. The lowest BCUT2D eigenvalue weighted by atomic mass is 10.2. The van der Waals surface area contributed by atoms with Crippen LogP contribution in [-0.2, 0) is 4.79 Å². The highest BCUT2D eigenvalue weighted by molar-refractivity contribution is 9.10. The van der Waals surface area contributed by atoms with Crippen LogP contribution in [0.25, 0.3) is 0 Å². The zero-order valence-corrected chi connectivity index (χ0v) is 17.4. The molecule has 0 aliphatic carbocycles. The summed E-state index contributed by atoms with van der Waals surface area (Å²) in [6.07, 6.45) is 0. The number of carbonyl (C=O) groups is 2. The maximum Gasteiger partial charge on any atom is 0.291 e. The number of methoxy groups -OCH3 is 1. The summed E-state index contributed by atoms with van der Waals surface area (Å²) >= 11 is 3.20. The van der Waals surface area contributed by atoms with E-state index in [4.69, 9.17) is 13.9 Å². The van der Waals surface area contributed by atoms with E-state index in [1.165, 1.54) is 7.11 Å². The van der Waals surface area contributed by atoms with Gasteiger partial charge in [0.25, 0.3) is 11.8 Å². The van der Waals surface area contributed by atoms with Gasteiger partial charge in [-0.25, -0.2) is 0 Å². The molecule has 2 amide bonds. The number of amides is 2. The fourth-order valence-electron chi connectivity index (χ4n) is 2.61. The van der Waals surface area contributed by atoms with Crippen LogP contribution < -0.4 is 20.1 Å². The Morgan fingerprint density at radius 2 is 1.69 bits per heavy atom. The van der Waals surface area contributed by atoms with Crippen molar-refractivity contribution in [2.75, 3.05) is 24.4 Å². The molecule has 3 aromatic rings. The van der Waals surface area contributed by atoms with Gasteiger partial charge in [0.1, 0.15) is 0 Å². The van der Waals surface area contributed by atoms with Gasteiger partial charge < -0.3 is 24.5 Å². The molecule has 3 rings (SSSR count). The number of aryl methyl sites for hydroxylation is 1. The summed E-state index contributed by atoms with van der Waals surface area (Å²) in [6.45, 7) is 1.60. The molecular weight excluding hydrogens is 440 g/mol. The number of furan rings is 1. The summed E-state index contributed by atoms with van der Waals surface area (Å²) in [4.78, 5) is 24.6. The quantitative estimate of drug-likeness (QED) is 0.538. The molecule has 0 atom stereocenters. The lowest BCUT2D eigenvalue weighted by Gasteiger charge is -2.11. The number of hydrogen-bond donors (Lipinski definition) is 2. The third kappa shape index (κ3) is 5.39. The Bertz CT molecular complexity index is 1030. The van der Waals surface area contributed by atoms with E-state index in [1.54, 1.807) is 55.5 Å². The number of hydrogen-bond acceptors (Lipinski definition) is 5. The number of para-hydroxylation sites is 2. The lowest BCUT2D eigenvalue weighted by molar-refractivity contribution is -0.118. The van der Waals surface area contributed by atoms with E-state index < -0.39 is 0 Å². The highest BCUT2D eigenvalue weighted by Crippen LogP contribution is 2.26. The molecule has 0 bridgehead atoms. The molecule has 2 aromatic carbocycles. The number of benzene rings is 2. The van der Waals surface area contributed by atoms with Gasteiger partial charge in [0.15, 0.2) is 28.5 Å². The first-order chi connectivity index (χ1) is 14.0. The number of rotatable bonds is 7. The fraction of sp³-hybridized carbons (Fsp3) is 0.143. The van der Waals surface area contributed by atoms with Crippen molar-refractivity contribution in [3.05, 3.63) is 70.6 Å². The van der Waals surface area contributed by atoms with E-state index in [1.807, 2.05) is 6.07 Å². The van der Waals surface area contributed by atoms with Gasteiger partial charge in [-0.15, -0.1) is 0 Å². The Hall–Kier alpha value is -3.26. The summed E-state index contributed by atoms with van der Waals surface area (Å²) in [7, 11) is 1.53. The highest BCUT2D eigenvalue weighted by Gasteiger charge is 2.15. The molecule has 0 radical (unpaired) electrons. The van der Waals surface area contributed by atoms with Gasteiger partial charge in [0.05, 0.1) is 7.11 Å². The van der Waals surface area contributed by atoms with Gasteiger partial charge in [0, 0.05) is 16.9 Å². The third-order valence-electron chi connectivity index (χ3n) is 3.93. The summed E-state index contributed by atoms with van der Waals surface area (Å²) < 4.78 is 16.5. The number of ether oxygens (including phenoxy) is 2. The Labute approximate surface area is 176 Å². The molecule has 150 valence electrons. The summed E-state index contributed by atoms with van der Waals surface area (Å²) in [5, 5.41) is 5.48. The van der Waals surface area contributed by atoms with Gasteiger partial charge >= 0.3 is 0 Å². The van der Waals surface area contributed by atoms with Crippen molar-refractivity contribution in [1.82, 2.24) is 0 Å². The maximum atomic E-state index is 12.4. The number of anilines is 2. The molecule has 0 aliphatic heterocycles. The van der Waals surface area contributed by atoms with Crippen LogP contribution in [0.1, 0.15) is 16.1 Å². The van der Waals surface area contributed by atoms with Gasteiger partial charge in [-0.1, -0.05) is 18.2 Å². The molecule has 2 N–H and O–H groups in total. The van der Waals surface area contributed by atoms with Crippen LogP contribution in [0.15, 0.2) is 63.7 Å². The summed E-state index contributed by atoms with van der Waals surface area (Å²) in [5.74, 6) is 0.522. The molecule has 0 spiro atoms. The van der Waals surface area contributed by atoms with Crippen molar-refractivity contribution < 1.29 is 23.5 Å². The Morgan fingerprint density at radius 3 is 2.34 bits per heavy atom. The molecule has 1 heterocycles. The summed E-state index contributed by atoms with van der Waals surface area (Å²) in [5.41, 5.74) is 1.76. The number of halogens is 1. The Balaban J connectivity index is 1.60. The second kappa shape index (κ2) is 9.29. The van der Waals surface area contributed by atoms with Crippen LogP contribution in [0.3, 0.4) is 0 Å². The van der Waals surface area contributed by atoms with Crippen molar-refractivity contribution in [3.63, 3.8) is 0 Å². The van der Waals surface area contributed by atoms with E-state index in [9.17, 15) is 9.59 Å². The first-order valence-electron chi connectivity index (χ1n) is 8.69. The molecule has 0 unspecified atom stereocenters. The molecule has 7 nitrogen and oxygen atoms in total. The van der Waals surface area contributed by atoms with Crippen molar-refractivity contribution in [2.24, 2.45) is 0 Å². The minimum atomic E-state index is -0.379. The molecule has 0 fully saturated rings. The van der Waals surface area contributed by atoms with Crippen LogP contribution in [-0.4, -0.2) is 25.5 Å². The van der Waals surface area contributed by atoms with Gasteiger partial charge in [-0.3, -0.25) is 9.59 Å². The predicted molar refractivity (Wildman–Crippen MR) is 113 cm³/mol. The maximum absolute atomic E-state index is 12.4. The van der Waals surface area contributed by atoms with Crippen molar-refractivity contribution in [1.29, 1.82) is 0 Å². The predicted octanol–water partition coefficient (Wildman–Crippen LogP) is 4.63. The van der Waals surface area contributed by atoms with E-state index in [-0.39, 0.29) is 24.2 Å². The molecule has 0 aliphatic rings. The second-order valence-corrected chi connectivity index (χ2v) is 6.87. The standard InChI is InChI=1S/C21H19BrN2O5/c1-13-10-18(22)29-20(13)21(26)24-15-7-5-6-14(11-15)23-19(25)12-28-17-9-4-3-8-16(17)27-2/h3-11H,12H2,1-2H3,(H,23,25)(H,24,26). The Kier molecular flexibility index (Phi) is 6.56. The van der Waals surface area contributed by atoms with Crippen LogP contribution in [0.5, 0.6) is 11.5 Å². The van der Waals surface area contributed by atoms with Crippen LogP contribution in [0.2, 0.25) is 0 Å². The highest BCUT2D eigenvalue weighted by atomic mass is 79.9. The van der Waals surface area contributed by atoms with E-state index in [2.05, 4.69) is 26.6 Å². The number of nitrogens with one attached hydrogen (secondary N) is 2. The second-order valence-electron chi connectivity index (χ2n) is 6.09. The third-order valence-corrected chi connectivity index (χ3v) is 4.32.